The molecule has 1 aromatic rings. The number of aryl methyl sites for hydroxylation is 1. The summed E-state index contributed by atoms with van der Waals surface area (Å²) in [4.78, 5) is 12.3. The molecule has 21 heavy (non-hydrogen) atoms. The number of aromatic nitrogens is 1. The lowest BCUT2D eigenvalue weighted by Gasteiger charge is -2.28. The molecule has 1 aliphatic carbocycles. The zero-order chi connectivity index (χ0) is 15.6. The maximum absolute atomic E-state index is 12.3. The van der Waals surface area contributed by atoms with E-state index in [9.17, 15) is 13.2 Å². The van der Waals surface area contributed by atoms with Gasteiger partial charge in [-0.3, -0.25) is 4.79 Å². The predicted molar refractivity (Wildman–Crippen MR) is 80.3 cm³/mol. The highest BCUT2D eigenvalue weighted by molar-refractivity contribution is 7.89. The highest BCUT2D eigenvalue weighted by Gasteiger charge is 2.23. The van der Waals surface area contributed by atoms with E-state index in [-0.39, 0.29) is 16.8 Å². The number of carbonyl (C=O) groups excluding carboxylic acids is 1. The quantitative estimate of drug-likeness (QED) is 0.879. The van der Waals surface area contributed by atoms with Crippen LogP contribution in [0.4, 0.5) is 0 Å². The standard InChI is InChI=1S/C14H23N3O3S/c1-10(11-6-4-3-5-7-11)16-14(18)13-8-12(9-17(13)2)21(15,19)20/h8-11H,3-7H2,1-2H3,(H,16,18)(H2,15,19,20). The minimum absolute atomic E-state index is 0.0412. The number of primary sulfonamides is 1. The second-order valence-electron chi connectivity index (χ2n) is 5.88. The Balaban J connectivity index is 2.08. The van der Waals surface area contributed by atoms with Gasteiger partial charge in [0.2, 0.25) is 10.0 Å². The van der Waals surface area contributed by atoms with Crippen LogP contribution in [-0.2, 0) is 17.1 Å². The zero-order valence-electron chi connectivity index (χ0n) is 12.5. The third kappa shape index (κ3) is 3.85. The van der Waals surface area contributed by atoms with Crippen LogP contribution in [0, 0.1) is 5.92 Å². The number of amides is 1. The van der Waals surface area contributed by atoms with E-state index in [0.29, 0.717) is 11.6 Å². The Morgan fingerprint density at radius 3 is 2.52 bits per heavy atom. The van der Waals surface area contributed by atoms with Crippen LogP contribution < -0.4 is 10.5 Å². The number of nitrogens with one attached hydrogen (secondary N) is 1. The van der Waals surface area contributed by atoms with Crippen molar-refractivity contribution in [3.8, 4) is 0 Å². The van der Waals surface area contributed by atoms with Gasteiger partial charge in [-0.05, 0) is 31.7 Å². The van der Waals surface area contributed by atoms with Crippen molar-refractivity contribution >= 4 is 15.9 Å². The molecule has 0 spiro atoms. The molecule has 0 bridgehead atoms. The highest BCUT2D eigenvalue weighted by Crippen LogP contribution is 2.26. The molecule has 0 aromatic carbocycles. The summed E-state index contributed by atoms with van der Waals surface area (Å²) < 4.78 is 24.1. The van der Waals surface area contributed by atoms with Gasteiger partial charge in [-0.15, -0.1) is 0 Å². The fraction of sp³-hybridized carbons (Fsp3) is 0.643. The summed E-state index contributed by atoms with van der Waals surface area (Å²) in [6, 6.07) is 1.41. The van der Waals surface area contributed by atoms with Crippen molar-refractivity contribution in [2.45, 2.75) is 50.0 Å². The second-order valence-corrected chi connectivity index (χ2v) is 7.44. The van der Waals surface area contributed by atoms with Crippen LogP contribution in [0.3, 0.4) is 0 Å². The SMILES string of the molecule is CC(NC(=O)c1cc(S(N)(=O)=O)cn1C)C1CCCCC1. The minimum Gasteiger partial charge on any atom is -0.348 e. The zero-order valence-corrected chi connectivity index (χ0v) is 13.3. The summed E-state index contributed by atoms with van der Waals surface area (Å²) in [5.74, 6) is 0.242. The number of rotatable bonds is 4. The third-order valence-electron chi connectivity index (χ3n) is 4.26. The average Bonchev–Trinajstić information content (AvgIpc) is 2.82. The van der Waals surface area contributed by atoms with Gasteiger partial charge in [0.1, 0.15) is 10.6 Å². The minimum atomic E-state index is -3.79. The Morgan fingerprint density at radius 1 is 1.38 bits per heavy atom. The summed E-state index contributed by atoms with van der Waals surface area (Å²) in [5, 5.41) is 8.06. The summed E-state index contributed by atoms with van der Waals surface area (Å²) in [7, 11) is -2.15. The Labute approximate surface area is 125 Å². The number of hydrogen-bond acceptors (Lipinski definition) is 3. The molecule has 1 aromatic heterocycles. The molecule has 0 radical (unpaired) electrons. The van der Waals surface area contributed by atoms with Crippen molar-refractivity contribution in [3.05, 3.63) is 18.0 Å². The van der Waals surface area contributed by atoms with E-state index in [4.69, 9.17) is 5.14 Å². The Hall–Kier alpha value is -1.34. The first-order chi connectivity index (χ1) is 9.79. The van der Waals surface area contributed by atoms with Crippen molar-refractivity contribution in [2.24, 2.45) is 18.1 Å². The van der Waals surface area contributed by atoms with Crippen molar-refractivity contribution < 1.29 is 13.2 Å². The van der Waals surface area contributed by atoms with Gasteiger partial charge in [-0.2, -0.15) is 0 Å². The first-order valence-corrected chi connectivity index (χ1v) is 8.83. The molecule has 7 heteroatoms. The first kappa shape index (κ1) is 16.0. The smallest absolute Gasteiger partial charge is 0.268 e. The van der Waals surface area contributed by atoms with Crippen LogP contribution >= 0.6 is 0 Å². The van der Waals surface area contributed by atoms with Crippen LogP contribution in [0.25, 0.3) is 0 Å². The molecular formula is C14H23N3O3S. The van der Waals surface area contributed by atoms with Crippen LogP contribution in [0.5, 0.6) is 0 Å². The van der Waals surface area contributed by atoms with Crippen LogP contribution in [0.15, 0.2) is 17.2 Å². The van der Waals surface area contributed by atoms with Crippen molar-refractivity contribution in [3.63, 3.8) is 0 Å². The molecule has 0 saturated heterocycles. The van der Waals surface area contributed by atoms with Gasteiger partial charge in [0.15, 0.2) is 0 Å². The predicted octanol–water partition coefficient (Wildman–Crippen LogP) is 1.37. The van der Waals surface area contributed by atoms with Gasteiger partial charge in [0.05, 0.1) is 0 Å². The van der Waals surface area contributed by atoms with Crippen LogP contribution in [0.1, 0.15) is 49.5 Å². The molecule has 1 saturated carbocycles. The number of carbonyl (C=O) groups is 1. The molecule has 1 aliphatic rings. The molecular weight excluding hydrogens is 290 g/mol. The van der Waals surface area contributed by atoms with E-state index in [0.717, 1.165) is 12.8 Å². The number of nitrogens with two attached hydrogens (primary N) is 1. The number of hydrogen-bond donors (Lipinski definition) is 2. The summed E-state index contributed by atoms with van der Waals surface area (Å²) >= 11 is 0. The van der Waals surface area contributed by atoms with E-state index < -0.39 is 10.0 Å². The van der Waals surface area contributed by atoms with Gasteiger partial charge < -0.3 is 9.88 Å². The molecule has 1 heterocycles. The maximum atomic E-state index is 12.3. The van der Waals surface area contributed by atoms with E-state index >= 15 is 0 Å². The van der Waals surface area contributed by atoms with Gasteiger partial charge in [0, 0.05) is 19.3 Å². The summed E-state index contributed by atoms with van der Waals surface area (Å²) in [6.07, 6.45) is 7.32. The lowest BCUT2D eigenvalue weighted by molar-refractivity contribution is 0.0911. The summed E-state index contributed by atoms with van der Waals surface area (Å²) in [5.41, 5.74) is 0.307. The maximum Gasteiger partial charge on any atom is 0.268 e. The van der Waals surface area contributed by atoms with Crippen LogP contribution in [0.2, 0.25) is 0 Å². The van der Waals surface area contributed by atoms with Gasteiger partial charge >= 0.3 is 0 Å². The monoisotopic (exact) mass is 313 g/mol. The number of sulfonamides is 1. The fourth-order valence-corrected chi connectivity index (χ4v) is 3.53. The molecule has 1 fully saturated rings. The van der Waals surface area contributed by atoms with Gasteiger partial charge in [-0.1, -0.05) is 19.3 Å². The molecule has 0 aliphatic heterocycles. The van der Waals surface area contributed by atoms with E-state index in [1.165, 1.54) is 36.1 Å². The lowest BCUT2D eigenvalue weighted by atomic mass is 9.84. The Bertz CT molecular complexity index is 615. The molecule has 118 valence electrons. The van der Waals surface area contributed by atoms with Crippen molar-refractivity contribution in [2.75, 3.05) is 0 Å². The largest absolute Gasteiger partial charge is 0.348 e. The Morgan fingerprint density at radius 2 is 2.00 bits per heavy atom. The van der Waals surface area contributed by atoms with E-state index in [2.05, 4.69) is 5.32 Å². The molecule has 3 N–H and O–H groups in total. The highest BCUT2D eigenvalue weighted by atomic mass is 32.2. The summed E-state index contributed by atoms with van der Waals surface area (Å²) in [6.45, 7) is 2.01. The molecule has 1 atom stereocenters. The van der Waals surface area contributed by atoms with E-state index in [1.54, 1.807) is 7.05 Å². The van der Waals surface area contributed by atoms with Crippen molar-refractivity contribution in [1.82, 2.24) is 9.88 Å². The van der Waals surface area contributed by atoms with Gasteiger partial charge in [0.25, 0.3) is 5.91 Å². The van der Waals surface area contributed by atoms with Gasteiger partial charge in [-0.25, -0.2) is 13.6 Å². The van der Waals surface area contributed by atoms with Crippen LogP contribution in [-0.4, -0.2) is 24.9 Å². The molecule has 1 amide bonds. The van der Waals surface area contributed by atoms with Crippen molar-refractivity contribution in [1.29, 1.82) is 0 Å². The van der Waals surface area contributed by atoms with E-state index in [1.807, 2.05) is 6.92 Å². The Kier molecular flexibility index (Phi) is 4.73. The normalized spacial score (nSPS) is 18.4. The fourth-order valence-electron chi connectivity index (χ4n) is 2.95. The first-order valence-electron chi connectivity index (χ1n) is 7.29. The third-order valence-corrected chi connectivity index (χ3v) is 5.14. The topological polar surface area (TPSA) is 94.2 Å². The molecule has 1 unspecified atom stereocenters. The number of nitrogens with zero attached hydrogens (tertiary/aromatic N) is 1. The second kappa shape index (κ2) is 6.19. The molecule has 6 nitrogen and oxygen atoms in total. The average molecular weight is 313 g/mol. The lowest BCUT2D eigenvalue weighted by Crippen LogP contribution is -2.39. The molecule has 2 rings (SSSR count).